The van der Waals surface area contributed by atoms with Crippen LogP contribution in [-0.4, -0.2) is 19.6 Å². The number of hydrogen-bond acceptors (Lipinski definition) is 3. The molecule has 0 aliphatic carbocycles. The van der Waals surface area contributed by atoms with Crippen LogP contribution in [0.4, 0.5) is 5.69 Å². The van der Waals surface area contributed by atoms with Crippen LogP contribution in [0.1, 0.15) is 16.7 Å². The van der Waals surface area contributed by atoms with E-state index in [4.69, 9.17) is 16.3 Å². The number of aryl methyl sites for hydroxylation is 2. The van der Waals surface area contributed by atoms with Crippen LogP contribution in [0.3, 0.4) is 0 Å². The highest BCUT2D eigenvalue weighted by Gasteiger charge is 2.07. The third-order valence-corrected chi connectivity index (χ3v) is 3.80. The molecule has 0 unspecified atom stereocenters. The quantitative estimate of drug-likeness (QED) is 0.848. The number of carbonyl (C=O) groups is 1. The van der Waals surface area contributed by atoms with Gasteiger partial charge in [-0.1, -0.05) is 29.8 Å². The van der Waals surface area contributed by atoms with E-state index in [9.17, 15) is 4.79 Å². The van der Waals surface area contributed by atoms with Gasteiger partial charge in [0.25, 0.3) is 0 Å². The summed E-state index contributed by atoms with van der Waals surface area (Å²) in [6.45, 7) is 4.62. The van der Waals surface area contributed by atoms with Crippen LogP contribution in [0, 0.1) is 13.8 Å². The summed E-state index contributed by atoms with van der Waals surface area (Å²) >= 11 is 6.21. The Balaban J connectivity index is 1.85. The summed E-state index contributed by atoms with van der Waals surface area (Å²) in [5, 5.41) is 6.60. The second-order valence-corrected chi connectivity index (χ2v) is 5.82. The summed E-state index contributed by atoms with van der Waals surface area (Å²) in [5.41, 5.74) is 3.94. The predicted molar refractivity (Wildman–Crippen MR) is 94.3 cm³/mol. The van der Waals surface area contributed by atoms with Gasteiger partial charge in [0.05, 0.1) is 24.4 Å². The minimum Gasteiger partial charge on any atom is -0.497 e. The van der Waals surface area contributed by atoms with Crippen molar-refractivity contribution in [3.8, 4) is 5.75 Å². The van der Waals surface area contributed by atoms with E-state index in [1.54, 1.807) is 7.11 Å². The lowest BCUT2D eigenvalue weighted by molar-refractivity contribution is -0.119. The van der Waals surface area contributed by atoms with E-state index in [1.165, 1.54) is 0 Å². The van der Waals surface area contributed by atoms with Crippen molar-refractivity contribution in [2.24, 2.45) is 0 Å². The zero-order chi connectivity index (χ0) is 16.8. The molecule has 0 atom stereocenters. The number of methoxy groups -OCH3 is 1. The lowest BCUT2D eigenvalue weighted by atomic mass is 10.1. The Hall–Kier alpha value is -2.20. The molecule has 0 aliphatic rings. The number of nitrogens with one attached hydrogen (secondary N) is 2. The van der Waals surface area contributed by atoms with Gasteiger partial charge in [-0.3, -0.25) is 4.79 Å². The molecule has 0 aliphatic heterocycles. The summed E-state index contributed by atoms with van der Waals surface area (Å²) in [6, 6.07) is 11.5. The number of anilines is 1. The average Bonchev–Trinajstić information content (AvgIpc) is 2.52. The van der Waals surface area contributed by atoms with Gasteiger partial charge in [-0.05, 0) is 48.7 Å². The molecule has 2 aromatic carbocycles. The van der Waals surface area contributed by atoms with Crippen molar-refractivity contribution in [2.45, 2.75) is 20.4 Å². The highest BCUT2D eigenvalue weighted by molar-refractivity contribution is 6.33. The fourth-order valence-electron chi connectivity index (χ4n) is 2.31. The van der Waals surface area contributed by atoms with E-state index >= 15 is 0 Å². The van der Waals surface area contributed by atoms with E-state index in [1.807, 2.05) is 50.2 Å². The predicted octanol–water partition coefficient (Wildman–Crippen LogP) is 3.69. The van der Waals surface area contributed by atoms with Gasteiger partial charge in [0.2, 0.25) is 5.91 Å². The number of amides is 1. The maximum atomic E-state index is 12.0. The molecule has 122 valence electrons. The molecule has 0 saturated heterocycles. The number of rotatable bonds is 6. The van der Waals surface area contributed by atoms with Crippen LogP contribution in [0.2, 0.25) is 5.02 Å². The fraction of sp³-hybridized carbons (Fsp3) is 0.278. The standard InChI is InChI=1S/C18H21ClN2O2/c1-12-8-13(2)18(16(19)9-12)21-11-17(22)20-10-14-4-6-15(23-3)7-5-14/h4-9,21H,10-11H2,1-3H3,(H,20,22). The van der Waals surface area contributed by atoms with Crippen molar-refractivity contribution in [1.29, 1.82) is 0 Å². The number of halogens is 1. The van der Waals surface area contributed by atoms with Crippen molar-refractivity contribution < 1.29 is 9.53 Å². The minimum atomic E-state index is -0.0862. The van der Waals surface area contributed by atoms with E-state index in [-0.39, 0.29) is 12.5 Å². The van der Waals surface area contributed by atoms with Crippen LogP contribution in [0.5, 0.6) is 5.75 Å². The molecule has 0 radical (unpaired) electrons. The maximum Gasteiger partial charge on any atom is 0.239 e. The largest absolute Gasteiger partial charge is 0.497 e. The first kappa shape index (κ1) is 17.2. The van der Waals surface area contributed by atoms with Gasteiger partial charge >= 0.3 is 0 Å². The van der Waals surface area contributed by atoms with E-state index in [0.29, 0.717) is 11.6 Å². The monoisotopic (exact) mass is 332 g/mol. The number of benzene rings is 2. The van der Waals surface area contributed by atoms with Gasteiger partial charge in [0.1, 0.15) is 5.75 Å². The van der Waals surface area contributed by atoms with Gasteiger partial charge in [-0.25, -0.2) is 0 Å². The zero-order valence-electron chi connectivity index (χ0n) is 13.6. The summed E-state index contributed by atoms with van der Waals surface area (Å²) in [5.74, 6) is 0.711. The summed E-state index contributed by atoms with van der Waals surface area (Å²) < 4.78 is 5.10. The Labute approximate surface area is 141 Å². The highest BCUT2D eigenvalue weighted by atomic mass is 35.5. The molecule has 2 aromatic rings. The summed E-state index contributed by atoms with van der Waals surface area (Å²) in [7, 11) is 1.63. The molecule has 5 heteroatoms. The zero-order valence-corrected chi connectivity index (χ0v) is 14.3. The van der Waals surface area contributed by atoms with Crippen molar-refractivity contribution in [3.63, 3.8) is 0 Å². The summed E-state index contributed by atoms with van der Waals surface area (Å²) in [4.78, 5) is 12.0. The van der Waals surface area contributed by atoms with Gasteiger partial charge in [0, 0.05) is 6.54 Å². The molecule has 4 nitrogen and oxygen atoms in total. The lowest BCUT2D eigenvalue weighted by Crippen LogP contribution is -2.29. The molecule has 0 heterocycles. The number of hydrogen-bond donors (Lipinski definition) is 2. The van der Waals surface area contributed by atoms with E-state index < -0.39 is 0 Å². The lowest BCUT2D eigenvalue weighted by Gasteiger charge is -2.13. The van der Waals surface area contributed by atoms with Crippen LogP contribution >= 0.6 is 11.6 Å². The van der Waals surface area contributed by atoms with Crippen molar-refractivity contribution >= 4 is 23.2 Å². The molecule has 0 aromatic heterocycles. The Kier molecular flexibility index (Phi) is 5.88. The summed E-state index contributed by atoms with van der Waals surface area (Å²) in [6.07, 6.45) is 0. The third-order valence-electron chi connectivity index (χ3n) is 3.51. The Morgan fingerprint density at radius 2 is 1.87 bits per heavy atom. The van der Waals surface area contributed by atoms with Crippen LogP contribution in [0.15, 0.2) is 36.4 Å². The molecule has 1 amide bonds. The third kappa shape index (κ3) is 4.89. The van der Waals surface area contributed by atoms with Crippen LogP contribution in [0.25, 0.3) is 0 Å². The topological polar surface area (TPSA) is 50.4 Å². The molecular weight excluding hydrogens is 312 g/mol. The maximum absolute atomic E-state index is 12.0. The van der Waals surface area contributed by atoms with Crippen LogP contribution < -0.4 is 15.4 Å². The smallest absolute Gasteiger partial charge is 0.239 e. The van der Waals surface area contributed by atoms with E-state index in [0.717, 1.165) is 28.1 Å². The Morgan fingerprint density at radius 3 is 2.48 bits per heavy atom. The molecule has 2 rings (SSSR count). The minimum absolute atomic E-state index is 0.0862. The van der Waals surface area contributed by atoms with Crippen molar-refractivity contribution in [3.05, 3.63) is 58.1 Å². The Morgan fingerprint density at radius 1 is 1.17 bits per heavy atom. The first-order chi connectivity index (χ1) is 11.0. The van der Waals surface area contributed by atoms with Gasteiger partial charge in [-0.2, -0.15) is 0 Å². The second-order valence-electron chi connectivity index (χ2n) is 5.42. The molecule has 2 N–H and O–H groups in total. The average molecular weight is 333 g/mol. The van der Waals surface area contributed by atoms with Gasteiger partial charge in [0.15, 0.2) is 0 Å². The highest BCUT2D eigenvalue weighted by Crippen LogP contribution is 2.26. The molecule has 0 saturated carbocycles. The van der Waals surface area contributed by atoms with Crippen molar-refractivity contribution in [1.82, 2.24) is 5.32 Å². The first-order valence-electron chi connectivity index (χ1n) is 7.40. The first-order valence-corrected chi connectivity index (χ1v) is 7.77. The second kappa shape index (κ2) is 7.88. The number of carbonyl (C=O) groups excluding carboxylic acids is 1. The van der Waals surface area contributed by atoms with Crippen LogP contribution in [-0.2, 0) is 11.3 Å². The molecular formula is C18H21ClN2O2. The molecule has 0 spiro atoms. The molecule has 23 heavy (non-hydrogen) atoms. The molecule has 0 bridgehead atoms. The number of ether oxygens (including phenoxy) is 1. The van der Waals surface area contributed by atoms with Crippen molar-refractivity contribution in [2.75, 3.05) is 19.0 Å². The SMILES string of the molecule is COc1ccc(CNC(=O)CNc2c(C)cc(C)cc2Cl)cc1. The molecule has 0 fully saturated rings. The normalized spacial score (nSPS) is 10.3. The Bertz CT molecular complexity index is 661. The van der Waals surface area contributed by atoms with Gasteiger partial charge in [-0.15, -0.1) is 0 Å². The van der Waals surface area contributed by atoms with E-state index in [2.05, 4.69) is 10.6 Å². The fourth-order valence-corrected chi connectivity index (χ4v) is 2.70. The van der Waals surface area contributed by atoms with Gasteiger partial charge < -0.3 is 15.4 Å².